The average Bonchev–Trinajstić information content (AvgIpc) is 3.72. The lowest BCUT2D eigenvalue weighted by molar-refractivity contribution is -0.124. The third-order valence-electron chi connectivity index (χ3n) is 9.36. The standard InChI is InChI=1S/C30H39N5O5/c1-3-18-6-7-20(36)12-23(18)30-8-9-35(15-17-4-5-17)16(2)22(30)11-19-10-21(29(40)34-25(19)14-30)28(39)33-24(27(32)38)13-26(31)37/h6-7,10,12,16-17,22,24,36H,3-5,8-9,11,13-15H2,1-2H3,(H2,31,37)(H2,32,38)(H,33,39)(H,34,40). The Balaban J connectivity index is 1.54. The molecule has 3 aliphatic rings. The van der Waals surface area contributed by atoms with Gasteiger partial charge in [-0.25, -0.2) is 0 Å². The summed E-state index contributed by atoms with van der Waals surface area (Å²) >= 11 is 0. The van der Waals surface area contributed by atoms with Gasteiger partial charge in [-0.1, -0.05) is 13.0 Å². The molecule has 10 nitrogen and oxygen atoms in total. The van der Waals surface area contributed by atoms with E-state index in [1.54, 1.807) is 12.1 Å². The number of likely N-dealkylation sites (tertiary alicyclic amines) is 1. The fourth-order valence-electron chi connectivity index (χ4n) is 7.02. The molecule has 4 atom stereocenters. The van der Waals surface area contributed by atoms with Crippen molar-refractivity contribution in [3.63, 3.8) is 0 Å². The Bertz CT molecular complexity index is 1400. The van der Waals surface area contributed by atoms with Crippen LogP contribution in [0.25, 0.3) is 0 Å². The molecule has 3 amide bonds. The van der Waals surface area contributed by atoms with Gasteiger partial charge in [-0.3, -0.25) is 19.2 Å². The van der Waals surface area contributed by atoms with Crippen molar-refractivity contribution in [3.05, 3.63) is 62.6 Å². The smallest absolute Gasteiger partial charge is 0.261 e. The number of carbonyl (C=O) groups is 3. The average molecular weight is 550 g/mol. The fourth-order valence-corrected chi connectivity index (χ4v) is 7.02. The van der Waals surface area contributed by atoms with Gasteiger partial charge >= 0.3 is 0 Å². The molecule has 10 heteroatoms. The number of phenols is 1. The molecule has 5 rings (SSSR count). The molecular weight excluding hydrogens is 510 g/mol. The Morgan fingerprint density at radius 1 is 1.23 bits per heavy atom. The van der Waals surface area contributed by atoms with Crippen molar-refractivity contribution >= 4 is 17.7 Å². The van der Waals surface area contributed by atoms with E-state index in [0.29, 0.717) is 12.8 Å². The molecular formula is C30H39N5O5. The summed E-state index contributed by atoms with van der Waals surface area (Å²) in [6, 6.07) is 6.22. The van der Waals surface area contributed by atoms with Gasteiger partial charge in [-0.15, -0.1) is 0 Å². The first-order chi connectivity index (χ1) is 19.0. The Kier molecular flexibility index (Phi) is 7.48. The maximum absolute atomic E-state index is 13.2. The summed E-state index contributed by atoms with van der Waals surface area (Å²) in [6.45, 7) is 6.42. The number of pyridine rings is 1. The zero-order chi connectivity index (χ0) is 28.8. The van der Waals surface area contributed by atoms with Gasteiger partial charge in [0.25, 0.3) is 11.5 Å². The number of primary amides is 2. The van der Waals surface area contributed by atoms with Gasteiger partial charge < -0.3 is 31.8 Å². The minimum Gasteiger partial charge on any atom is -0.508 e. The number of nitrogens with two attached hydrogens (primary N) is 2. The number of benzene rings is 1. The molecule has 214 valence electrons. The maximum Gasteiger partial charge on any atom is 0.261 e. The van der Waals surface area contributed by atoms with Crippen LogP contribution in [-0.4, -0.2) is 57.9 Å². The molecule has 0 spiro atoms. The SMILES string of the molecule is CCc1ccc(O)cc1C12CCN(CC3CC3)C(C)C1Cc1cc(C(=O)NC(CC(N)=O)C(N)=O)c(=O)[nH]c1C2. The lowest BCUT2D eigenvalue weighted by Crippen LogP contribution is -2.59. The largest absolute Gasteiger partial charge is 0.508 e. The minimum absolute atomic E-state index is 0.133. The number of aromatic nitrogens is 1. The van der Waals surface area contributed by atoms with Crippen molar-refractivity contribution in [1.29, 1.82) is 0 Å². The van der Waals surface area contributed by atoms with Gasteiger partial charge in [0.15, 0.2) is 0 Å². The number of rotatable bonds is 9. The summed E-state index contributed by atoms with van der Waals surface area (Å²) < 4.78 is 0. The van der Waals surface area contributed by atoms with E-state index in [1.165, 1.54) is 18.4 Å². The number of aryl methyl sites for hydroxylation is 1. The first kappa shape index (κ1) is 27.9. The zero-order valence-electron chi connectivity index (χ0n) is 23.2. The van der Waals surface area contributed by atoms with Crippen molar-refractivity contribution in [1.82, 2.24) is 15.2 Å². The summed E-state index contributed by atoms with van der Waals surface area (Å²) in [6.07, 6.45) is 5.07. The van der Waals surface area contributed by atoms with E-state index in [0.717, 1.165) is 48.7 Å². The molecule has 2 fully saturated rings. The quantitative estimate of drug-likeness (QED) is 0.315. The molecule has 2 aromatic rings. The number of aromatic amines is 1. The van der Waals surface area contributed by atoms with Gasteiger partial charge in [0, 0.05) is 23.7 Å². The number of amides is 3. The number of nitrogens with one attached hydrogen (secondary N) is 2. The second-order valence-electron chi connectivity index (χ2n) is 11.9. The first-order valence-corrected chi connectivity index (χ1v) is 14.2. The van der Waals surface area contributed by atoms with Crippen molar-refractivity contribution in [3.8, 4) is 5.75 Å². The molecule has 1 aromatic carbocycles. The third kappa shape index (κ3) is 5.24. The molecule has 2 aliphatic carbocycles. The highest BCUT2D eigenvalue weighted by Crippen LogP contribution is 2.51. The van der Waals surface area contributed by atoms with E-state index in [1.807, 2.05) is 12.1 Å². The van der Waals surface area contributed by atoms with Gasteiger partial charge in [-0.2, -0.15) is 0 Å². The number of hydrogen-bond acceptors (Lipinski definition) is 6. The first-order valence-electron chi connectivity index (χ1n) is 14.2. The number of H-pyrrole nitrogens is 1. The van der Waals surface area contributed by atoms with Crippen LogP contribution in [0.4, 0.5) is 0 Å². The topological polar surface area (TPSA) is 172 Å². The Labute approximate surface area is 233 Å². The Hall–Kier alpha value is -3.66. The monoisotopic (exact) mass is 549 g/mol. The number of hydrogen-bond donors (Lipinski definition) is 5. The molecule has 0 radical (unpaired) electrons. The van der Waals surface area contributed by atoms with E-state index in [-0.39, 0.29) is 28.7 Å². The lowest BCUT2D eigenvalue weighted by atomic mass is 9.55. The second kappa shape index (κ2) is 10.7. The normalized spacial score (nSPS) is 24.9. The van der Waals surface area contributed by atoms with Crippen LogP contribution in [0.1, 0.15) is 72.3 Å². The minimum atomic E-state index is -1.30. The number of nitrogens with zero attached hydrogens (tertiary/aromatic N) is 1. The van der Waals surface area contributed by atoms with Crippen LogP contribution in [-0.2, 0) is 34.3 Å². The van der Waals surface area contributed by atoms with Gasteiger partial charge in [0.2, 0.25) is 11.8 Å². The number of aromatic hydroxyl groups is 1. The van der Waals surface area contributed by atoms with E-state index in [9.17, 15) is 24.3 Å². The summed E-state index contributed by atoms with van der Waals surface area (Å²) in [5.41, 5.74) is 13.6. The highest BCUT2D eigenvalue weighted by atomic mass is 16.3. The maximum atomic E-state index is 13.2. The summed E-state index contributed by atoms with van der Waals surface area (Å²) in [5.74, 6) is -1.30. The van der Waals surface area contributed by atoms with Gasteiger partial charge in [-0.05, 0) is 98.7 Å². The van der Waals surface area contributed by atoms with Crippen LogP contribution >= 0.6 is 0 Å². The Morgan fingerprint density at radius 3 is 2.62 bits per heavy atom. The number of phenolic OH excluding ortho intramolecular Hbond substituents is 1. The molecule has 1 saturated heterocycles. The van der Waals surface area contributed by atoms with Crippen LogP contribution < -0.4 is 22.3 Å². The predicted molar refractivity (Wildman–Crippen MR) is 150 cm³/mol. The predicted octanol–water partition coefficient (Wildman–Crippen LogP) is 1.26. The van der Waals surface area contributed by atoms with Crippen LogP contribution in [0, 0.1) is 11.8 Å². The van der Waals surface area contributed by atoms with Crippen LogP contribution in [0.5, 0.6) is 5.75 Å². The van der Waals surface area contributed by atoms with E-state index >= 15 is 0 Å². The summed E-state index contributed by atoms with van der Waals surface area (Å²) in [4.78, 5) is 54.9. The molecule has 7 N–H and O–H groups in total. The van der Waals surface area contributed by atoms with Crippen molar-refractivity contribution in [2.75, 3.05) is 13.1 Å². The molecule has 0 bridgehead atoms. The van der Waals surface area contributed by atoms with Gasteiger partial charge in [0.1, 0.15) is 17.4 Å². The van der Waals surface area contributed by atoms with Crippen molar-refractivity contribution < 1.29 is 19.5 Å². The van der Waals surface area contributed by atoms with Crippen molar-refractivity contribution in [2.24, 2.45) is 23.3 Å². The summed E-state index contributed by atoms with van der Waals surface area (Å²) in [7, 11) is 0. The van der Waals surface area contributed by atoms with Crippen molar-refractivity contribution in [2.45, 2.75) is 76.3 Å². The number of carbonyl (C=O) groups excluding carboxylic acids is 3. The molecule has 1 aromatic heterocycles. The van der Waals surface area contributed by atoms with Crippen LogP contribution in [0.3, 0.4) is 0 Å². The molecule has 2 heterocycles. The lowest BCUT2D eigenvalue weighted by Gasteiger charge is -2.55. The van der Waals surface area contributed by atoms with E-state index in [4.69, 9.17) is 11.5 Å². The van der Waals surface area contributed by atoms with Crippen LogP contribution in [0.15, 0.2) is 29.1 Å². The highest BCUT2D eigenvalue weighted by Gasteiger charge is 2.52. The number of piperidine rings is 1. The molecule has 1 saturated carbocycles. The van der Waals surface area contributed by atoms with E-state index in [2.05, 4.69) is 29.0 Å². The molecule has 40 heavy (non-hydrogen) atoms. The molecule has 1 aliphatic heterocycles. The third-order valence-corrected chi connectivity index (χ3v) is 9.36. The molecule has 4 unspecified atom stereocenters. The second-order valence-corrected chi connectivity index (χ2v) is 11.9. The Morgan fingerprint density at radius 2 is 1.98 bits per heavy atom. The highest BCUT2D eigenvalue weighted by molar-refractivity contribution is 5.98. The van der Waals surface area contributed by atoms with Crippen LogP contribution in [0.2, 0.25) is 0 Å². The van der Waals surface area contributed by atoms with E-state index < -0.39 is 35.7 Å². The summed E-state index contributed by atoms with van der Waals surface area (Å²) in [5, 5.41) is 12.9. The van der Waals surface area contributed by atoms with Gasteiger partial charge in [0.05, 0.1) is 6.42 Å². The zero-order valence-corrected chi connectivity index (χ0v) is 23.2. The fraction of sp³-hybridized carbons (Fsp3) is 0.533. The number of fused-ring (bicyclic) bond motifs is 2.